The summed E-state index contributed by atoms with van der Waals surface area (Å²) in [5.41, 5.74) is -0.203. The second-order valence-corrected chi connectivity index (χ2v) is 11.3. The number of hydrogen-bond acceptors (Lipinski definition) is 7. The molecule has 2 N–H and O–H groups in total. The van der Waals surface area contributed by atoms with E-state index >= 15 is 0 Å². The number of ether oxygens (including phenoxy) is 3. The number of halogens is 2. The van der Waals surface area contributed by atoms with Crippen molar-refractivity contribution >= 4 is 31.4 Å². The largest absolute Gasteiger partial charge is 0.495 e. The average molecular weight is 571 g/mol. The van der Waals surface area contributed by atoms with Crippen molar-refractivity contribution in [3.63, 3.8) is 0 Å². The summed E-state index contributed by atoms with van der Waals surface area (Å²) in [4.78, 5) is -0.941. The summed E-state index contributed by atoms with van der Waals surface area (Å²) in [5.74, 6) is -1.75. The van der Waals surface area contributed by atoms with Crippen molar-refractivity contribution in [2.45, 2.75) is 36.5 Å². The normalized spacial score (nSPS) is 11.6. The van der Waals surface area contributed by atoms with Gasteiger partial charge in [-0.15, -0.1) is 0 Å². The van der Waals surface area contributed by atoms with Crippen molar-refractivity contribution < 1.29 is 39.8 Å². The Balaban J connectivity index is 1.89. The molecule has 3 rings (SSSR count). The van der Waals surface area contributed by atoms with Crippen LogP contribution < -0.4 is 23.7 Å². The first kappa shape index (κ1) is 29.0. The molecule has 9 nitrogen and oxygen atoms in total. The van der Waals surface area contributed by atoms with Crippen LogP contribution in [0.25, 0.3) is 0 Å². The highest BCUT2D eigenvalue weighted by molar-refractivity contribution is 7.93. The maximum absolute atomic E-state index is 14.3. The minimum Gasteiger partial charge on any atom is -0.495 e. The molecule has 206 valence electrons. The van der Waals surface area contributed by atoms with Gasteiger partial charge in [-0.25, -0.2) is 25.6 Å². The highest BCUT2D eigenvalue weighted by atomic mass is 32.2. The van der Waals surface area contributed by atoms with E-state index in [2.05, 4.69) is 9.44 Å². The molecule has 0 bridgehead atoms. The van der Waals surface area contributed by atoms with Gasteiger partial charge in [0, 0.05) is 12.1 Å². The summed E-state index contributed by atoms with van der Waals surface area (Å²) in [6.07, 6.45) is 1.33. The Kier molecular flexibility index (Phi) is 9.39. The lowest BCUT2D eigenvalue weighted by Gasteiger charge is -2.15. The Morgan fingerprint density at radius 3 is 1.61 bits per heavy atom. The van der Waals surface area contributed by atoms with Crippen LogP contribution >= 0.6 is 0 Å². The third kappa shape index (κ3) is 7.04. The van der Waals surface area contributed by atoms with Gasteiger partial charge in [0.05, 0.1) is 36.6 Å². The van der Waals surface area contributed by atoms with E-state index in [9.17, 15) is 25.6 Å². The van der Waals surface area contributed by atoms with E-state index in [1.54, 1.807) is 0 Å². The van der Waals surface area contributed by atoms with E-state index in [4.69, 9.17) is 14.2 Å². The molecule has 0 atom stereocenters. The molecular formula is C25H28F2N2O7S2. The van der Waals surface area contributed by atoms with Gasteiger partial charge in [0.1, 0.15) is 10.6 Å². The summed E-state index contributed by atoms with van der Waals surface area (Å²) in [7, 11) is -7.56. The van der Waals surface area contributed by atoms with Crippen LogP contribution in [0.1, 0.15) is 26.7 Å². The van der Waals surface area contributed by atoms with Crippen molar-refractivity contribution in [2.24, 2.45) is 0 Å². The average Bonchev–Trinajstić information content (AvgIpc) is 2.87. The van der Waals surface area contributed by atoms with Crippen LogP contribution in [0.15, 0.2) is 64.4 Å². The minimum absolute atomic E-state index is 0.0277. The number of sulfonamides is 2. The van der Waals surface area contributed by atoms with Gasteiger partial charge in [-0.2, -0.15) is 0 Å². The molecule has 0 saturated carbocycles. The first-order valence-corrected chi connectivity index (χ1v) is 14.6. The molecule has 3 aromatic carbocycles. The lowest BCUT2D eigenvalue weighted by Crippen LogP contribution is -2.17. The van der Waals surface area contributed by atoms with Gasteiger partial charge in [-0.05, 0) is 55.3 Å². The van der Waals surface area contributed by atoms with Gasteiger partial charge >= 0.3 is 0 Å². The molecule has 3 aromatic rings. The lowest BCUT2D eigenvalue weighted by atomic mass is 10.3. The molecule has 0 aliphatic carbocycles. The highest BCUT2D eigenvalue weighted by Gasteiger charge is 2.25. The highest BCUT2D eigenvalue weighted by Crippen LogP contribution is 2.31. The summed E-state index contributed by atoms with van der Waals surface area (Å²) >= 11 is 0. The second-order valence-electron chi connectivity index (χ2n) is 8.01. The zero-order valence-corrected chi connectivity index (χ0v) is 22.6. The molecule has 0 radical (unpaired) electrons. The van der Waals surface area contributed by atoms with Gasteiger partial charge < -0.3 is 14.2 Å². The first-order valence-electron chi connectivity index (χ1n) is 11.6. The quantitative estimate of drug-likeness (QED) is 0.292. The Morgan fingerprint density at radius 1 is 0.684 bits per heavy atom. The van der Waals surface area contributed by atoms with Crippen LogP contribution in [-0.4, -0.2) is 37.2 Å². The van der Waals surface area contributed by atoms with E-state index in [0.717, 1.165) is 30.3 Å². The molecule has 13 heteroatoms. The first-order chi connectivity index (χ1) is 18.0. The molecule has 0 heterocycles. The van der Waals surface area contributed by atoms with Gasteiger partial charge in [0.25, 0.3) is 20.0 Å². The summed E-state index contributed by atoms with van der Waals surface area (Å²) in [5, 5.41) is 0. The van der Waals surface area contributed by atoms with E-state index in [1.165, 1.54) is 31.4 Å². The number of nitrogens with one attached hydrogen (secondary N) is 2. The zero-order chi connectivity index (χ0) is 27.9. The van der Waals surface area contributed by atoms with E-state index < -0.39 is 41.5 Å². The molecular weight excluding hydrogens is 542 g/mol. The predicted molar refractivity (Wildman–Crippen MR) is 139 cm³/mol. The molecule has 0 aromatic heterocycles. The van der Waals surface area contributed by atoms with Crippen molar-refractivity contribution in [3.8, 4) is 17.2 Å². The van der Waals surface area contributed by atoms with Crippen molar-refractivity contribution in [1.29, 1.82) is 0 Å². The van der Waals surface area contributed by atoms with Crippen molar-refractivity contribution in [1.82, 2.24) is 0 Å². The minimum atomic E-state index is -4.43. The number of hydrogen-bond donors (Lipinski definition) is 2. The third-order valence-corrected chi connectivity index (χ3v) is 7.81. The van der Waals surface area contributed by atoms with Gasteiger partial charge in [0.15, 0.2) is 23.1 Å². The Labute approximate surface area is 220 Å². The fourth-order valence-corrected chi connectivity index (χ4v) is 5.64. The van der Waals surface area contributed by atoms with E-state index in [0.29, 0.717) is 19.4 Å². The van der Waals surface area contributed by atoms with Crippen LogP contribution in [0.5, 0.6) is 17.2 Å². The van der Waals surface area contributed by atoms with Crippen molar-refractivity contribution in [3.05, 3.63) is 66.2 Å². The summed E-state index contributed by atoms with van der Waals surface area (Å²) < 4.78 is 101. The maximum Gasteiger partial charge on any atom is 0.265 e. The lowest BCUT2D eigenvalue weighted by molar-refractivity contribution is 0.301. The van der Waals surface area contributed by atoms with Crippen molar-refractivity contribution in [2.75, 3.05) is 29.8 Å². The molecule has 0 saturated heterocycles. The summed E-state index contributed by atoms with van der Waals surface area (Å²) in [6.45, 7) is 4.30. The number of rotatable bonds is 13. The molecule has 38 heavy (non-hydrogen) atoms. The van der Waals surface area contributed by atoms with Crippen LogP contribution in [-0.2, 0) is 20.0 Å². The van der Waals surface area contributed by atoms with Crippen LogP contribution in [0.2, 0.25) is 0 Å². The Bertz CT molecular complexity index is 1500. The number of benzene rings is 3. The molecule has 0 aliphatic heterocycles. The molecule has 0 aliphatic rings. The SMILES string of the molecule is CCCOc1ccc(NS(=O)(=O)c2ccc(OC)c(S(=O)(=O)Nc3ccc(OCCC)c(F)c3)c2)cc1F. The number of methoxy groups -OCH3 is 1. The fourth-order valence-electron chi connectivity index (χ4n) is 3.25. The van der Waals surface area contributed by atoms with E-state index in [1.807, 2.05) is 13.8 Å². The standard InChI is InChI=1S/C25H28F2N2O7S2/c1-4-12-35-22-9-6-17(14-20(22)26)28-37(30,31)19-8-11-24(34-3)25(16-19)38(32,33)29-18-7-10-23(21(27)15-18)36-13-5-2/h6-11,14-16,28-29H,4-5,12-13H2,1-3H3. The predicted octanol–water partition coefficient (Wildman–Crippen LogP) is 5.15. The van der Waals surface area contributed by atoms with Gasteiger partial charge in [-0.3, -0.25) is 9.44 Å². The number of anilines is 2. The van der Waals surface area contributed by atoms with Gasteiger partial charge in [0.2, 0.25) is 0 Å². The smallest absolute Gasteiger partial charge is 0.265 e. The summed E-state index contributed by atoms with van der Waals surface area (Å²) in [6, 6.07) is 10.3. The Hall–Kier alpha value is -3.58. The van der Waals surface area contributed by atoms with Crippen LogP contribution in [0, 0.1) is 11.6 Å². The van der Waals surface area contributed by atoms with E-state index in [-0.39, 0.29) is 35.2 Å². The third-order valence-electron chi connectivity index (χ3n) is 5.03. The maximum atomic E-state index is 14.3. The molecule has 0 spiro atoms. The van der Waals surface area contributed by atoms with Gasteiger partial charge in [-0.1, -0.05) is 13.8 Å². The Morgan fingerprint density at radius 2 is 1.16 bits per heavy atom. The van der Waals surface area contributed by atoms with Crippen LogP contribution in [0.4, 0.5) is 20.2 Å². The topological polar surface area (TPSA) is 120 Å². The molecule has 0 unspecified atom stereocenters. The molecule has 0 amide bonds. The second kappa shape index (κ2) is 12.3. The monoisotopic (exact) mass is 570 g/mol. The van der Waals surface area contributed by atoms with Crippen LogP contribution in [0.3, 0.4) is 0 Å². The fraction of sp³-hybridized carbons (Fsp3) is 0.280. The molecule has 0 fully saturated rings. The zero-order valence-electron chi connectivity index (χ0n) is 21.0.